The minimum atomic E-state index is 0.313. The number of nitrogens with two attached hydrogens (primary N) is 1. The molecule has 0 amide bonds. The second-order valence-corrected chi connectivity index (χ2v) is 2.43. The smallest absolute Gasteiger partial charge is 0.185 e. The normalized spacial score (nSPS) is 12.0. The van der Waals surface area contributed by atoms with Gasteiger partial charge in [-0.25, -0.2) is 0 Å². The molecule has 12 heavy (non-hydrogen) atoms. The van der Waals surface area contributed by atoms with Gasteiger partial charge in [-0.1, -0.05) is 4.85 Å². The Bertz CT molecular complexity index is 342. The number of rotatable bonds is 1. The Kier molecular flexibility index (Phi) is 2.32. The lowest BCUT2D eigenvalue weighted by Crippen LogP contribution is -2.23. The molecule has 1 aromatic rings. The third-order valence-electron chi connectivity index (χ3n) is 1.48. The SMILES string of the molecule is CCN=c1cc(C)c(N)nn1O. The van der Waals surface area contributed by atoms with E-state index in [1.54, 1.807) is 6.07 Å². The van der Waals surface area contributed by atoms with Gasteiger partial charge in [-0.15, -0.1) is 5.10 Å². The van der Waals surface area contributed by atoms with Crippen molar-refractivity contribution in [2.75, 3.05) is 12.3 Å². The molecular weight excluding hydrogens is 156 g/mol. The van der Waals surface area contributed by atoms with E-state index in [4.69, 9.17) is 5.73 Å². The molecule has 1 heterocycles. The Labute approximate surface area is 70.1 Å². The molecule has 0 radical (unpaired) electrons. The summed E-state index contributed by atoms with van der Waals surface area (Å²) < 4.78 is 0. The van der Waals surface area contributed by atoms with Crippen LogP contribution in [0.5, 0.6) is 0 Å². The molecule has 3 N–H and O–H groups in total. The van der Waals surface area contributed by atoms with Gasteiger partial charge in [-0.3, -0.25) is 4.99 Å². The van der Waals surface area contributed by atoms with Gasteiger partial charge in [-0.05, 0) is 25.5 Å². The van der Waals surface area contributed by atoms with Gasteiger partial charge in [0.15, 0.2) is 11.3 Å². The van der Waals surface area contributed by atoms with Crippen LogP contribution in [0.4, 0.5) is 5.82 Å². The summed E-state index contributed by atoms with van der Waals surface area (Å²) in [6.07, 6.45) is 0. The van der Waals surface area contributed by atoms with Crippen LogP contribution < -0.4 is 11.2 Å². The first kappa shape index (κ1) is 8.58. The van der Waals surface area contributed by atoms with Gasteiger partial charge in [0.25, 0.3) is 0 Å². The lowest BCUT2D eigenvalue weighted by atomic mass is 10.3. The summed E-state index contributed by atoms with van der Waals surface area (Å²) >= 11 is 0. The molecule has 1 rings (SSSR count). The molecule has 0 aliphatic carbocycles. The predicted octanol–water partition coefficient (Wildman–Crippen LogP) is -0.0684. The van der Waals surface area contributed by atoms with E-state index in [1.807, 2.05) is 13.8 Å². The molecule has 0 aliphatic rings. The third kappa shape index (κ3) is 1.55. The zero-order valence-electron chi connectivity index (χ0n) is 7.15. The Morgan fingerprint density at radius 3 is 3.00 bits per heavy atom. The lowest BCUT2D eigenvalue weighted by molar-refractivity contribution is 0.132. The monoisotopic (exact) mass is 168 g/mol. The number of hydrogen-bond acceptors (Lipinski definition) is 4. The number of nitrogen functional groups attached to an aromatic ring is 1. The van der Waals surface area contributed by atoms with Crippen LogP contribution in [0.3, 0.4) is 0 Å². The van der Waals surface area contributed by atoms with Crippen molar-refractivity contribution < 1.29 is 5.21 Å². The number of nitrogens with zero attached hydrogens (tertiary/aromatic N) is 3. The maximum atomic E-state index is 9.18. The Morgan fingerprint density at radius 1 is 1.75 bits per heavy atom. The molecule has 5 nitrogen and oxygen atoms in total. The standard InChI is InChI=1S/C7H12N4O/c1-3-9-6-4-5(2)7(8)10-11(6)12/h4,12H,3H2,1-2H3,(H2,8,10). The second-order valence-electron chi connectivity index (χ2n) is 2.43. The van der Waals surface area contributed by atoms with Gasteiger partial charge < -0.3 is 10.9 Å². The summed E-state index contributed by atoms with van der Waals surface area (Å²) in [5.41, 5.74) is 6.69. The Morgan fingerprint density at radius 2 is 2.42 bits per heavy atom. The molecule has 0 unspecified atom stereocenters. The van der Waals surface area contributed by atoms with E-state index in [0.29, 0.717) is 22.7 Å². The minimum Gasteiger partial charge on any atom is -0.410 e. The van der Waals surface area contributed by atoms with Gasteiger partial charge in [0, 0.05) is 6.54 Å². The van der Waals surface area contributed by atoms with E-state index in [-0.39, 0.29) is 0 Å². The number of aryl methyl sites for hydroxylation is 1. The lowest BCUT2D eigenvalue weighted by Gasteiger charge is -2.01. The van der Waals surface area contributed by atoms with Crippen molar-refractivity contribution in [2.45, 2.75) is 13.8 Å². The zero-order valence-corrected chi connectivity index (χ0v) is 7.15. The van der Waals surface area contributed by atoms with Crippen LogP contribution in [-0.2, 0) is 0 Å². The van der Waals surface area contributed by atoms with Crippen molar-refractivity contribution in [1.29, 1.82) is 0 Å². The summed E-state index contributed by atoms with van der Waals surface area (Å²) in [5.74, 6) is 0.313. The molecule has 0 fully saturated rings. The molecule has 0 bridgehead atoms. The maximum absolute atomic E-state index is 9.18. The van der Waals surface area contributed by atoms with E-state index >= 15 is 0 Å². The van der Waals surface area contributed by atoms with Crippen molar-refractivity contribution in [1.82, 2.24) is 9.94 Å². The molecule has 0 aromatic carbocycles. The topological polar surface area (TPSA) is 76.4 Å². The predicted molar refractivity (Wildman–Crippen MR) is 44.7 cm³/mol. The van der Waals surface area contributed by atoms with Crippen molar-refractivity contribution >= 4 is 5.82 Å². The van der Waals surface area contributed by atoms with Crippen LogP contribution in [0.25, 0.3) is 0 Å². The molecule has 0 spiro atoms. The van der Waals surface area contributed by atoms with Crippen LogP contribution in [0.15, 0.2) is 11.1 Å². The highest BCUT2D eigenvalue weighted by molar-refractivity contribution is 5.34. The van der Waals surface area contributed by atoms with Gasteiger partial charge in [0.05, 0.1) is 0 Å². The second kappa shape index (κ2) is 3.25. The van der Waals surface area contributed by atoms with E-state index in [1.165, 1.54) is 0 Å². The first-order chi connectivity index (χ1) is 5.65. The van der Waals surface area contributed by atoms with Gasteiger partial charge in [0.2, 0.25) is 0 Å². The summed E-state index contributed by atoms with van der Waals surface area (Å²) in [6, 6.07) is 1.69. The number of hydrogen-bond donors (Lipinski definition) is 2. The van der Waals surface area contributed by atoms with Crippen molar-refractivity contribution in [2.24, 2.45) is 4.99 Å². The van der Waals surface area contributed by atoms with Crippen molar-refractivity contribution in [3.8, 4) is 0 Å². The average Bonchev–Trinajstić information content (AvgIpc) is 2.01. The highest BCUT2D eigenvalue weighted by Crippen LogP contribution is 1.99. The van der Waals surface area contributed by atoms with Crippen LogP contribution in [0.2, 0.25) is 0 Å². The Hall–Kier alpha value is -1.52. The molecule has 66 valence electrons. The third-order valence-corrected chi connectivity index (χ3v) is 1.48. The summed E-state index contributed by atoms with van der Waals surface area (Å²) in [6.45, 7) is 4.30. The van der Waals surface area contributed by atoms with Gasteiger partial charge in [-0.2, -0.15) is 0 Å². The largest absolute Gasteiger partial charge is 0.410 e. The van der Waals surface area contributed by atoms with E-state index in [0.717, 1.165) is 5.56 Å². The van der Waals surface area contributed by atoms with Crippen LogP contribution >= 0.6 is 0 Å². The van der Waals surface area contributed by atoms with Crippen molar-refractivity contribution in [3.05, 3.63) is 17.1 Å². The van der Waals surface area contributed by atoms with E-state index in [9.17, 15) is 5.21 Å². The quantitative estimate of drug-likeness (QED) is 0.576. The van der Waals surface area contributed by atoms with Crippen molar-refractivity contribution in [3.63, 3.8) is 0 Å². The fourth-order valence-corrected chi connectivity index (χ4v) is 0.828. The van der Waals surface area contributed by atoms with E-state index < -0.39 is 0 Å². The average molecular weight is 168 g/mol. The summed E-state index contributed by atoms with van der Waals surface area (Å²) in [4.78, 5) is 4.69. The number of anilines is 1. The van der Waals surface area contributed by atoms with Crippen LogP contribution in [0, 0.1) is 6.92 Å². The molecule has 0 atom stereocenters. The fraction of sp³-hybridized carbons (Fsp3) is 0.429. The molecule has 0 saturated carbocycles. The fourth-order valence-electron chi connectivity index (χ4n) is 0.828. The summed E-state index contributed by atoms with van der Waals surface area (Å²) in [7, 11) is 0. The van der Waals surface area contributed by atoms with Crippen LogP contribution in [0.1, 0.15) is 12.5 Å². The molecule has 1 aromatic heterocycles. The first-order valence-corrected chi connectivity index (χ1v) is 3.71. The van der Waals surface area contributed by atoms with E-state index in [2.05, 4.69) is 10.1 Å². The first-order valence-electron chi connectivity index (χ1n) is 3.71. The molecule has 5 heteroatoms. The van der Waals surface area contributed by atoms with Gasteiger partial charge in [0.1, 0.15) is 0 Å². The van der Waals surface area contributed by atoms with Gasteiger partial charge >= 0.3 is 0 Å². The number of aromatic nitrogens is 2. The summed E-state index contributed by atoms with van der Waals surface area (Å²) in [5, 5.41) is 12.8. The molecule has 0 aliphatic heterocycles. The maximum Gasteiger partial charge on any atom is 0.185 e. The highest BCUT2D eigenvalue weighted by atomic mass is 16.5. The zero-order chi connectivity index (χ0) is 9.14. The Balaban J connectivity index is 3.33. The molecule has 0 saturated heterocycles. The minimum absolute atomic E-state index is 0.313. The van der Waals surface area contributed by atoms with Crippen LogP contribution in [-0.4, -0.2) is 21.7 Å². The molecular formula is C7H12N4O. The highest BCUT2D eigenvalue weighted by Gasteiger charge is 1.97.